The van der Waals surface area contributed by atoms with E-state index in [1.165, 1.54) is 11.1 Å². The van der Waals surface area contributed by atoms with Crippen molar-refractivity contribution < 1.29 is 9.53 Å². The van der Waals surface area contributed by atoms with Gasteiger partial charge in [0, 0.05) is 31.4 Å². The molecule has 0 saturated heterocycles. The zero-order valence-corrected chi connectivity index (χ0v) is 16.3. The second-order valence-corrected chi connectivity index (χ2v) is 7.52. The fourth-order valence-electron chi connectivity index (χ4n) is 3.62. The predicted octanol–water partition coefficient (Wildman–Crippen LogP) is 3.79. The summed E-state index contributed by atoms with van der Waals surface area (Å²) >= 11 is 0. The number of carbonyl (C=O) groups is 1. The number of rotatable bonds is 6. The maximum atomic E-state index is 12.7. The second kappa shape index (κ2) is 8.44. The molecular weight excluding hydrogens is 348 g/mol. The van der Waals surface area contributed by atoms with Gasteiger partial charge in [0.2, 0.25) is 0 Å². The Morgan fingerprint density at radius 1 is 1.11 bits per heavy atom. The minimum Gasteiger partial charge on any atom is -0.489 e. The highest BCUT2D eigenvalue weighted by Crippen LogP contribution is 2.20. The van der Waals surface area contributed by atoms with E-state index >= 15 is 0 Å². The monoisotopic (exact) mass is 374 g/mol. The molecule has 0 saturated carbocycles. The van der Waals surface area contributed by atoms with Gasteiger partial charge in [0.25, 0.3) is 0 Å². The van der Waals surface area contributed by atoms with Gasteiger partial charge in [-0.3, -0.25) is 4.79 Å². The molecule has 0 unspecified atom stereocenters. The van der Waals surface area contributed by atoms with E-state index in [1.807, 2.05) is 47.5 Å². The summed E-state index contributed by atoms with van der Waals surface area (Å²) < 4.78 is 5.84. The fraction of sp³-hybridized carbons (Fsp3) is 0.292. The molecule has 4 rings (SSSR count). The SMILES string of the molecule is CN1CCc2cc(C(=O)CN3C=CC(OCc4ccccc4)=CC3)ccc2C1. The normalized spacial score (nSPS) is 16.5. The number of benzene rings is 2. The number of hydrogen-bond donors (Lipinski definition) is 0. The Kier molecular flexibility index (Phi) is 5.58. The van der Waals surface area contributed by atoms with Gasteiger partial charge in [0.05, 0.1) is 6.54 Å². The number of fused-ring (bicyclic) bond motifs is 1. The van der Waals surface area contributed by atoms with E-state index in [9.17, 15) is 4.79 Å². The minimum absolute atomic E-state index is 0.161. The number of hydrogen-bond acceptors (Lipinski definition) is 4. The Labute approximate surface area is 166 Å². The molecule has 0 bridgehead atoms. The minimum atomic E-state index is 0.161. The zero-order valence-electron chi connectivity index (χ0n) is 16.3. The van der Waals surface area contributed by atoms with Gasteiger partial charge in [-0.05, 0) is 48.4 Å². The second-order valence-electron chi connectivity index (χ2n) is 7.52. The first kappa shape index (κ1) is 18.5. The van der Waals surface area contributed by atoms with Crippen molar-refractivity contribution >= 4 is 5.78 Å². The molecular formula is C24H26N2O2. The molecule has 28 heavy (non-hydrogen) atoms. The van der Waals surface area contributed by atoms with E-state index in [0.717, 1.165) is 36.4 Å². The number of nitrogens with zero attached hydrogens (tertiary/aromatic N) is 2. The van der Waals surface area contributed by atoms with Crippen LogP contribution in [0.3, 0.4) is 0 Å². The first-order valence-electron chi connectivity index (χ1n) is 9.80. The van der Waals surface area contributed by atoms with Crippen LogP contribution >= 0.6 is 0 Å². The topological polar surface area (TPSA) is 32.8 Å². The van der Waals surface area contributed by atoms with E-state index in [0.29, 0.717) is 19.7 Å². The lowest BCUT2D eigenvalue weighted by Crippen LogP contribution is -2.28. The average molecular weight is 374 g/mol. The molecule has 0 spiro atoms. The van der Waals surface area contributed by atoms with Gasteiger partial charge >= 0.3 is 0 Å². The van der Waals surface area contributed by atoms with E-state index in [1.54, 1.807) is 0 Å². The fourth-order valence-corrected chi connectivity index (χ4v) is 3.62. The van der Waals surface area contributed by atoms with Crippen molar-refractivity contribution in [3.05, 3.63) is 94.9 Å². The molecule has 144 valence electrons. The van der Waals surface area contributed by atoms with Crippen molar-refractivity contribution in [3.63, 3.8) is 0 Å². The Balaban J connectivity index is 1.30. The Bertz CT molecular complexity index is 902. The van der Waals surface area contributed by atoms with Gasteiger partial charge in [0.15, 0.2) is 5.78 Å². The molecule has 0 atom stereocenters. The highest BCUT2D eigenvalue weighted by molar-refractivity contribution is 5.98. The summed E-state index contributed by atoms with van der Waals surface area (Å²) in [7, 11) is 2.13. The first-order valence-corrected chi connectivity index (χ1v) is 9.80. The van der Waals surface area contributed by atoms with Crippen LogP contribution < -0.4 is 0 Å². The van der Waals surface area contributed by atoms with E-state index in [2.05, 4.69) is 36.2 Å². The molecule has 2 aliphatic rings. The lowest BCUT2D eigenvalue weighted by molar-refractivity contribution is 0.0957. The number of ether oxygens (including phenoxy) is 1. The van der Waals surface area contributed by atoms with Crippen LogP contribution in [0.5, 0.6) is 0 Å². The van der Waals surface area contributed by atoms with E-state index in [-0.39, 0.29) is 5.78 Å². The molecule has 0 radical (unpaired) electrons. The molecule has 0 aromatic heterocycles. The summed E-state index contributed by atoms with van der Waals surface area (Å²) in [6.45, 7) is 3.64. The Morgan fingerprint density at radius 2 is 1.96 bits per heavy atom. The standard InChI is InChI=1S/C24H26N2O2/c1-25-12-9-20-15-21(7-8-22(20)16-25)24(27)17-26-13-10-23(11-14-26)28-18-19-5-3-2-4-6-19/h2-8,10-11,13,15H,9,12,14,16-18H2,1H3. The molecule has 4 heteroatoms. The molecule has 2 aromatic carbocycles. The van der Waals surface area contributed by atoms with Crippen LogP contribution in [0.15, 0.2) is 72.6 Å². The summed E-state index contributed by atoms with van der Waals surface area (Å²) in [6.07, 6.45) is 6.92. The van der Waals surface area contributed by atoms with Crippen LogP contribution in [-0.2, 0) is 24.3 Å². The highest BCUT2D eigenvalue weighted by Gasteiger charge is 2.17. The summed E-state index contributed by atoms with van der Waals surface area (Å²) in [6, 6.07) is 16.3. The third kappa shape index (κ3) is 4.52. The molecule has 2 heterocycles. The van der Waals surface area contributed by atoms with Gasteiger partial charge in [0.1, 0.15) is 12.4 Å². The predicted molar refractivity (Wildman–Crippen MR) is 111 cm³/mol. The third-order valence-corrected chi connectivity index (χ3v) is 5.30. The van der Waals surface area contributed by atoms with Crippen molar-refractivity contribution in [3.8, 4) is 0 Å². The van der Waals surface area contributed by atoms with Crippen molar-refractivity contribution in [2.75, 3.05) is 26.7 Å². The first-order chi connectivity index (χ1) is 13.7. The highest BCUT2D eigenvalue weighted by atomic mass is 16.5. The number of likely N-dealkylation sites (N-methyl/N-ethyl adjacent to an activating group) is 1. The maximum Gasteiger partial charge on any atom is 0.182 e. The van der Waals surface area contributed by atoms with Gasteiger partial charge in [-0.25, -0.2) is 0 Å². The molecule has 0 aliphatic carbocycles. The Hall–Kier alpha value is -2.85. The molecule has 0 N–H and O–H groups in total. The van der Waals surface area contributed by atoms with Crippen LogP contribution in [0.1, 0.15) is 27.0 Å². The Morgan fingerprint density at radius 3 is 2.75 bits per heavy atom. The van der Waals surface area contributed by atoms with E-state index < -0.39 is 0 Å². The van der Waals surface area contributed by atoms with Crippen molar-refractivity contribution in [1.82, 2.24) is 9.80 Å². The van der Waals surface area contributed by atoms with Gasteiger partial charge < -0.3 is 14.5 Å². The summed E-state index contributed by atoms with van der Waals surface area (Å²) in [5.74, 6) is 1.01. The average Bonchev–Trinajstić information content (AvgIpc) is 2.73. The van der Waals surface area contributed by atoms with Crippen LogP contribution in [0.4, 0.5) is 0 Å². The lowest BCUT2D eigenvalue weighted by Gasteiger charge is -2.25. The molecule has 0 fully saturated rings. The summed E-state index contributed by atoms with van der Waals surface area (Å²) in [5.41, 5.74) is 4.61. The smallest absolute Gasteiger partial charge is 0.182 e. The quantitative estimate of drug-likeness (QED) is 0.721. The summed E-state index contributed by atoms with van der Waals surface area (Å²) in [4.78, 5) is 17.0. The van der Waals surface area contributed by atoms with Gasteiger partial charge in [-0.1, -0.05) is 42.5 Å². The number of carbonyl (C=O) groups excluding carboxylic acids is 1. The van der Waals surface area contributed by atoms with E-state index in [4.69, 9.17) is 4.74 Å². The molecule has 2 aromatic rings. The summed E-state index contributed by atoms with van der Waals surface area (Å²) in [5, 5.41) is 0. The maximum absolute atomic E-state index is 12.7. The largest absolute Gasteiger partial charge is 0.489 e. The van der Waals surface area contributed by atoms with Crippen molar-refractivity contribution in [2.24, 2.45) is 0 Å². The number of Topliss-reactive ketones (excluding diaryl/α,β-unsaturated/α-hetero) is 1. The molecule has 2 aliphatic heterocycles. The molecule has 4 nitrogen and oxygen atoms in total. The van der Waals surface area contributed by atoms with Gasteiger partial charge in [-0.15, -0.1) is 0 Å². The lowest BCUT2D eigenvalue weighted by atomic mass is 9.96. The number of ketones is 1. The number of allylic oxidation sites excluding steroid dienone is 1. The van der Waals surface area contributed by atoms with Crippen LogP contribution in [0.2, 0.25) is 0 Å². The third-order valence-electron chi connectivity index (χ3n) is 5.30. The van der Waals surface area contributed by atoms with Crippen molar-refractivity contribution in [1.29, 1.82) is 0 Å². The van der Waals surface area contributed by atoms with Crippen molar-refractivity contribution in [2.45, 2.75) is 19.6 Å². The zero-order chi connectivity index (χ0) is 19.3. The molecule has 0 amide bonds. The van der Waals surface area contributed by atoms with Crippen LogP contribution in [-0.4, -0.2) is 42.3 Å². The van der Waals surface area contributed by atoms with Crippen LogP contribution in [0, 0.1) is 0 Å². The van der Waals surface area contributed by atoms with Gasteiger partial charge in [-0.2, -0.15) is 0 Å². The van der Waals surface area contributed by atoms with Crippen LogP contribution in [0.25, 0.3) is 0 Å².